The van der Waals surface area contributed by atoms with E-state index in [1.165, 1.54) is 43.4 Å². The first-order chi connectivity index (χ1) is 8.35. The zero-order chi connectivity index (χ0) is 11.7. The van der Waals surface area contributed by atoms with Crippen LogP contribution in [0.25, 0.3) is 0 Å². The van der Waals surface area contributed by atoms with Crippen LogP contribution >= 0.6 is 0 Å². The number of rotatable bonds is 6. The largest absolute Gasteiger partial charge is 0.326 e. The second kappa shape index (κ2) is 4.79. The third-order valence-corrected chi connectivity index (χ3v) is 3.87. The lowest BCUT2D eigenvalue weighted by Gasteiger charge is -2.22. The van der Waals surface area contributed by atoms with Crippen molar-refractivity contribution in [1.29, 1.82) is 0 Å². The van der Waals surface area contributed by atoms with Gasteiger partial charge >= 0.3 is 0 Å². The molecule has 17 heavy (non-hydrogen) atoms. The van der Waals surface area contributed by atoms with Crippen LogP contribution in [0.5, 0.6) is 0 Å². The molecule has 1 aromatic rings. The number of nitrogens with two attached hydrogens (primary N) is 1. The van der Waals surface area contributed by atoms with E-state index in [1.54, 1.807) is 0 Å². The second-order valence-electron chi connectivity index (χ2n) is 5.63. The van der Waals surface area contributed by atoms with E-state index in [-0.39, 0.29) is 0 Å². The third-order valence-electron chi connectivity index (χ3n) is 3.87. The summed E-state index contributed by atoms with van der Waals surface area (Å²) in [5.74, 6) is 0.994. The van der Waals surface area contributed by atoms with Crippen molar-refractivity contribution < 1.29 is 0 Å². The maximum absolute atomic E-state index is 5.70. The predicted molar refractivity (Wildman–Crippen MR) is 70.5 cm³/mol. The van der Waals surface area contributed by atoms with Crippen LogP contribution in [-0.2, 0) is 13.1 Å². The Morgan fingerprint density at radius 2 is 1.88 bits per heavy atom. The van der Waals surface area contributed by atoms with Gasteiger partial charge in [0.05, 0.1) is 0 Å². The maximum atomic E-state index is 5.70. The molecule has 0 spiro atoms. The summed E-state index contributed by atoms with van der Waals surface area (Å²) in [5, 5.41) is 0. The van der Waals surface area contributed by atoms with Crippen LogP contribution < -0.4 is 5.73 Å². The zero-order valence-corrected chi connectivity index (χ0v) is 10.4. The van der Waals surface area contributed by atoms with Gasteiger partial charge in [0, 0.05) is 25.7 Å². The fraction of sp³-hybridized carbons (Fsp3) is 0.600. The summed E-state index contributed by atoms with van der Waals surface area (Å²) >= 11 is 0. The number of benzene rings is 1. The van der Waals surface area contributed by atoms with Crippen molar-refractivity contribution in [2.24, 2.45) is 11.7 Å². The summed E-state index contributed by atoms with van der Waals surface area (Å²) in [6, 6.07) is 9.63. The monoisotopic (exact) mass is 230 g/mol. The average molecular weight is 230 g/mol. The molecule has 0 atom stereocenters. The Hall–Kier alpha value is -0.860. The molecule has 3 rings (SSSR count). The fourth-order valence-corrected chi connectivity index (χ4v) is 2.50. The molecule has 2 aliphatic carbocycles. The molecule has 92 valence electrons. The molecule has 2 nitrogen and oxygen atoms in total. The topological polar surface area (TPSA) is 29.3 Å². The van der Waals surface area contributed by atoms with Gasteiger partial charge in [-0.05, 0) is 42.7 Å². The van der Waals surface area contributed by atoms with E-state index in [1.807, 2.05) is 0 Å². The van der Waals surface area contributed by atoms with Gasteiger partial charge < -0.3 is 5.73 Å². The summed E-state index contributed by atoms with van der Waals surface area (Å²) in [6.45, 7) is 3.09. The molecule has 0 saturated heterocycles. The van der Waals surface area contributed by atoms with Gasteiger partial charge in [-0.3, -0.25) is 4.90 Å². The van der Waals surface area contributed by atoms with Gasteiger partial charge in [0.2, 0.25) is 0 Å². The minimum absolute atomic E-state index is 0.653. The van der Waals surface area contributed by atoms with Crippen LogP contribution in [0.1, 0.15) is 36.8 Å². The highest BCUT2D eigenvalue weighted by atomic mass is 15.2. The van der Waals surface area contributed by atoms with Crippen molar-refractivity contribution in [3.05, 3.63) is 35.4 Å². The average Bonchev–Trinajstić information content (AvgIpc) is 3.21. The predicted octanol–water partition coefficient (Wildman–Crippen LogP) is 2.52. The van der Waals surface area contributed by atoms with Gasteiger partial charge in [-0.2, -0.15) is 0 Å². The van der Waals surface area contributed by atoms with Crippen LogP contribution in [0, 0.1) is 5.92 Å². The first-order valence-corrected chi connectivity index (χ1v) is 6.87. The van der Waals surface area contributed by atoms with Crippen LogP contribution in [0.4, 0.5) is 0 Å². The van der Waals surface area contributed by atoms with Gasteiger partial charge in [0.15, 0.2) is 0 Å². The van der Waals surface area contributed by atoms with Crippen molar-refractivity contribution in [2.45, 2.75) is 44.8 Å². The van der Waals surface area contributed by atoms with Crippen LogP contribution in [0.3, 0.4) is 0 Å². The number of hydrogen-bond donors (Lipinski definition) is 1. The Morgan fingerprint density at radius 1 is 1.12 bits per heavy atom. The summed E-state index contributed by atoms with van der Waals surface area (Å²) in [6.07, 6.45) is 5.71. The second-order valence-corrected chi connectivity index (χ2v) is 5.63. The molecule has 0 aromatic heterocycles. The molecule has 2 saturated carbocycles. The summed E-state index contributed by atoms with van der Waals surface area (Å²) in [4.78, 5) is 2.69. The molecule has 0 amide bonds. The highest BCUT2D eigenvalue weighted by molar-refractivity contribution is 5.23. The van der Waals surface area contributed by atoms with Crippen molar-refractivity contribution in [3.8, 4) is 0 Å². The SMILES string of the molecule is NCc1cccc(CN(CC2CC2)C2CC2)c1. The van der Waals surface area contributed by atoms with Crippen molar-refractivity contribution in [1.82, 2.24) is 4.90 Å². The van der Waals surface area contributed by atoms with Crippen molar-refractivity contribution >= 4 is 0 Å². The number of hydrogen-bond acceptors (Lipinski definition) is 2. The lowest BCUT2D eigenvalue weighted by Crippen LogP contribution is -2.27. The molecule has 0 bridgehead atoms. The van der Waals surface area contributed by atoms with Gasteiger partial charge in [0.25, 0.3) is 0 Å². The zero-order valence-electron chi connectivity index (χ0n) is 10.4. The molecule has 0 radical (unpaired) electrons. The summed E-state index contributed by atoms with van der Waals surface area (Å²) in [7, 11) is 0. The minimum Gasteiger partial charge on any atom is -0.326 e. The van der Waals surface area contributed by atoms with Gasteiger partial charge in [0.1, 0.15) is 0 Å². The Bertz CT molecular complexity index is 380. The Labute approximate surface area is 104 Å². The van der Waals surface area contributed by atoms with Crippen molar-refractivity contribution in [2.75, 3.05) is 6.54 Å². The summed E-state index contributed by atoms with van der Waals surface area (Å²) < 4.78 is 0. The lowest BCUT2D eigenvalue weighted by molar-refractivity contribution is 0.244. The van der Waals surface area contributed by atoms with E-state index in [4.69, 9.17) is 5.73 Å². The minimum atomic E-state index is 0.653. The van der Waals surface area contributed by atoms with E-state index in [2.05, 4.69) is 29.2 Å². The van der Waals surface area contributed by atoms with E-state index < -0.39 is 0 Å². The molecular formula is C15H22N2. The van der Waals surface area contributed by atoms with E-state index in [0.29, 0.717) is 6.54 Å². The molecular weight excluding hydrogens is 208 g/mol. The molecule has 2 heteroatoms. The maximum Gasteiger partial charge on any atom is 0.0236 e. The molecule has 2 aliphatic rings. The van der Waals surface area contributed by atoms with Gasteiger partial charge in [-0.25, -0.2) is 0 Å². The Morgan fingerprint density at radius 3 is 2.53 bits per heavy atom. The molecule has 1 aromatic carbocycles. The highest BCUT2D eigenvalue weighted by Gasteiger charge is 2.33. The number of nitrogens with zero attached hydrogens (tertiary/aromatic N) is 1. The van der Waals surface area contributed by atoms with E-state index in [0.717, 1.165) is 18.5 Å². The van der Waals surface area contributed by atoms with Crippen LogP contribution in [0.15, 0.2) is 24.3 Å². The standard InChI is InChI=1S/C15H22N2/c16-9-13-2-1-3-14(8-13)11-17(15-6-7-15)10-12-4-5-12/h1-3,8,12,15H,4-7,9-11,16H2. The first kappa shape index (κ1) is 11.2. The van der Waals surface area contributed by atoms with Crippen molar-refractivity contribution in [3.63, 3.8) is 0 Å². The molecule has 2 fully saturated rings. The van der Waals surface area contributed by atoms with Gasteiger partial charge in [-0.15, -0.1) is 0 Å². The third kappa shape index (κ3) is 3.08. The Balaban J connectivity index is 1.65. The van der Waals surface area contributed by atoms with Crippen LogP contribution in [0.2, 0.25) is 0 Å². The highest BCUT2D eigenvalue weighted by Crippen LogP contribution is 2.35. The summed E-state index contributed by atoms with van der Waals surface area (Å²) in [5.41, 5.74) is 8.38. The lowest BCUT2D eigenvalue weighted by atomic mass is 10.1. The molecule has 0 aliphatic heterocycles. The quantitative estimate of drug-likeness (QED) is 0.813. The van der Waals surface area contributed by atoms with E-state index >= 15 is 0 Å². The molecule has 2 N–H and O–H groups in total. The first-order valence-electron chi connectivity index (χ1n) is 6.87. The normalized spacial score (nSPS) is 19.9. The van der Waals surface area contributed by atoms with Crippen LogP contribution in [-0.4, -0.2) is 17.5 Å². The van der Waals surface area contributed by atoms with E-state index in [9.17, 15) is 0 Å². The smallest absolute Gasteiger partial charge is 0.0236 e. The molecule has 0 heterocycles. The van der Waals surface area contributed by atoms with Gasteiger partial charge in [-0.1, -0.05) is 24.3 Å². The fourth-order valence-electron chi connectivity index (χ4n) is 2.50. The molecule has 0 unspecified atom stereocenters. The Kier molecular flexibility index (Phi) is 3.17.